The van der Waals surface area contributed by atoms with Crippen molar-refractivity contribution in [3.63, 3.8) is 0 Å². The van der Waals surface area contributed by atoms with Crippen molar-refractivity contribution in [1.29, 1.82) is 0 Å². The molecule has 0 aliphatic rings. The first-order chi connectivity index (χ1) is 5.75. The predicted octanol–water partition coefficient (Wildman–Crippen LogP) is 3.99. The van der Waals surface area contributed by atoms with Gasteiger partial charge in [0.25, 0.3) is 0 Å². The zero-order valence-corrected chi connectivity index (χ0v) is 14.8. The van der Waals surface area contributed by atoms with Crippen molar-refractivity contribution in [2.45, 2.75) is 52.4 Å². The van der Waals surface area contributed by atoms with Gasteiger partial charge in [-0.05, 0) is 26.2 Å². The Balaban J connectivity index is 5.30. The molecule has 0 saturated heterocycles. The molecule has 0 aromatic heterocycles. The standard InChI is InChI=1S/C8H24F2Si4/c1-11(2,9)13(5,6)14(7,8)12(3,4)10/h1-8H3. The van der Waals surface area contributed by atoms with Crippen LogP contribution in [-0.2, 0) is 0 Å². The minimum absolute atomic E-state index is 1.77. The molecule has 0 bridgehead atoms. The molecule has 0 aromatic rings. The summed E-state index contributed by atoms with van der Waals surface area (Å²) in [6.07, 6.45) is 0. The summed E-state index contributed by atoms with van der Waals surface area (Å²) in [6, 6.07) is 0. The van der Waals surface area contributed by atoms with E-state index in [0.29, 0.717) is 0 Å². The highest BCUT2D eigenvalue weighted by Gasteiger charge is 2.61. The lowest BCUT2D eigenvalue weighted by atomic mass is 11.9. The van der Waals surface area contributed by atoms with Crippen molar-refractivity contribution < 1.29 is 8.22 Å². The zero-order valence-electron chi connectivity index (χ0n) is 10.8. The Kier molecular flexibility index (Phi) is 3.83. The van der Waals surface area contributed by atoms with E-state index in [1.54, 1.807) is 26.2 Å². The lowest BCUT2D eigenvalue weighted by molar-refractivity contribution is 0.823. The van der Waals surface area contributed by atoms with Crippen molar-refractivity contribution in [2.75, 3.05) is 0 Å². The highest BCUT2D eigenvalue weighted by atomic mass is 29.8. The zero-order chi connectivity index (χ0) is 12.0. The second-order valence-electron chi connectivity index (χ2n) is 6.19. The predicted molar refractivity (Wildman–Crippen MR) is 72.1 cm³/mol. The van der Waals surface area contributed by atoms with Crippen LogP contribution in [0.1, 0.15) is 0 Å². The van der Waals surface area contributed by atoms with Crippen molar-refractivity contribution in [2.24, 2.45) is 0 Å². The van der Waals surface area contributed by atoms with Gasteiger partial charge < -0.3 is 8.22 Å². The Morgan fingerprint density at radius 1 is 0.500 bits per heavy atom. The van der Waals surface area contributed by atoms with Crippen LogP contribution in [0.25, 0.3) is 0 Å². The van der Waals surface area contributed by atoms with E-state index >= 15 is 0 Å². The summed E-state index contributed by atoms with van der Waals surface area (Å²) in [5.41, 5.74) is 0. The molecule has 6 heteroatoms. The van der Waals surface area contributed by atoms with E-state index in [4.69, 9.17) is 0 Å². The summed E-state index contributed by atoms with van der Waals surface area (Å²) in [4.78, 5) is 0. The highest BCUT2D eigenvalue weighted by molar-refractivity contribution is 7.81. The lowest BCUT2D eigenvalue weighted by Gasteiger charge is -2.47. The lowest BCUT2D eigenvalue weighted by Crippen LogP contribution is -2.76. The van der Waals surface area contributed by atoms with Gasteiger partial charge in [0.1, 0.15) is 0 Å². The van der Waals surface area contributed by atoms with Gasteiger partial charge in [0, 0.05) is 0 Å². The number of rotatable bonds is 3. The van der Waals surface area contributed by atoms with Crippen LogP contribution in [0, 0.1) is 0 Å². The molecule has 0 nitrogen and oxygen atoms in total. The molecule has 86 valence electrons. The van der Waals surface area contributed by atoms with E-state index in [1.807, 2.05) is 0 Å². The van der Waals surface area contributed by atoms with Crippen LogP contribution in [0.3, 0.4) is 0 Å². The summed E-state index contributed by atoms with van der Waals surface area (Å²) in [5.74, 6) is 0. The first-order valence-electron chi connectivity index (χ1n) is 5.13. The van der Waals surface area contributed by atoms with Crippen LogP contribution in [0.5, 0.6) is 0 Å². The van der Waals surface area contributed by atoms with Crippen molar-refractivity contribution in [3.8, 4) is 0 Å². The van der Waals surface area contributed by atoms with Gasteiger partial charge in [-0.25, -0.2) is 0 Å². The van der Waals surface area contributed by atoms with Crippen LogP contribution in [0.4, 0.5) is 8.22 Å². The molecule has 0 saturated carbocycles. The monoisotopic (exact) mass is 270 g/mol. The SMILES string of the molecule is C[Si](C)(F)[Si](C)(C)[Si](C)(C)[Si](C)(C)F. The van der Waals surface area contributed by atoms with Crippen molar-refractivity contribution in [3.05, 3.63) is 0 Å². The fourth-order valence-electron chi connectivity index (χ4n) is 1.49. The topological polar surface area (TPSA) is 0 Å². The van der Waals surface area contributed by atoms with Gasteiger partial charge in [-0.15, -0.1) is 0 Å². The van der Waals surface area contributed by atoms with E-state index in [2.05, 4.69) is 26.2 Å². The Hall–Kier alpha value is 0.728. The average Bonchev–Trinajstić information content (AvgIpc) is 1.81. The van der Waals surface area contributed by atoms with Gasteiger partial charge in [-0.2, -0.15) is 0 Å². The minimum Gasteiger partial charge on any atom is -0.319 e. The molecule has 0 fully saturated rings. The minimum atomic E-state index is -2.63. The van der Waals surface area contributed by atoms with Crippen LogP contribution >= 0.6 is 0 Å². The number of halogens is 2. The molecule has 0 aromatic carbocycles. The summed E-state index contributed by atoms with van der Waals surface area (Å²) < 4.78 is 28.6. The first kappa shape index (κ1) is 14.7. The number of hydrogen-bond acceptors (Lipinski definition) is 0. The fourth-order valence-corrected chi connectivity index (χ4v) is 56.2. The molecule has 0 aliphatic carbocycles. The molecular formula is C8H24F2Si4. The maximum absolute atomic E-state index is 14.3. The molecule has 0 rings (SSSR count). The van der Waals surface area contributed by atoms with Gasteiger partial charge in [-0.1, -0.05) is 26.2 Å². The van der Waals surface area contributed by atoms with Crippen LogP contribution < -0.4 is 0 Å². The molecule has 0 unspecified atom stereocenters. The van der Waals surface area contributed by atoms with Gasteiger partial charge in [0.15, 0.2) is 0 Å². The van der Waals surface area contributed by atoms with E-state index in [0.717, 1.165) is 0 Å². The molecule has 14 heavy (non-hydrogen) atoms. The quantitative estimate of drug-likeness (QED) is 0.537. The fraction of sp³-hybridized carbons (Fsp3) is 1.00. The summed E-state index contributed by atoms with van der Waals surface area (Å²) in [5, 5.41) is 0. The second kappa shape index (κ2) is 3.64. The summed E-state index contributed by atoms with van der Waals surface area (Å²) in [6.45, 7) is 15.4. The maximum Gasteiger partial charge on any atom is 0.224 e. The maximum atomic E-state index is 14.3. The Morgan fingerprint density at radius 2 is 0.643 bits per heavy atom. The largest absolute Gasteiger partial charge is 0.319 e. The Labute approximate surface area is 90.9 Å². The summed E-state index contributed by atoms with van der Waals surface area (Å²) in [7, 11) is -9.21. The van der Waals surface area contributed by atoms with E-state index < -0.39 is 30.1 Å². The second-order valence-corrected chi connectivity index (χ2v) is 43.7. The third kappa shape index (κ3) is 2.28. The smallest absolute Gasteiger partial charge is 0.224 e. The molecule has 0 heterocycles. The van der Waals surface area contributed by atoms with Crippen molar-refractivity contribution >= 4 is 30.1 Å². The summed E-state index contributed by atoms with van der Waals surface area (Å²) >= 11 is 0. The van der Waals surface area contributed by atoms with Gasteiger partial charge >= 0.3 is 0 Å². The van der Waals surface area contributed by atoms with Gasteiger partial charge in [0.2, 0.25) is 15.9 Å². The van der Waals surface area contributed by atoms with Crippen LogP contribution in [0.15, 0.2) is 0 Å². The molecule has 0 N–H and O–H groups in total. The molecular weight excluding hydrogens is 246 g/mol. The van der Waals surface area contributed by atoms with Gasteiger partial charge in [0.05, 0.1) is 14.2 Å². The average molecular weight is 271 g/mol. The Bertz CT molecular complexity index is 188. The highest BCUT2D eigenvalue weighted by Crippen LogP contribution is 2.35. The Morgan fingerprint density at radius 3 is 0.714 bits per heavy atom. The molecule has 0 spiro atoms. The normalized spacial score (nSPS) is 15.9. The van der Waals surface area contributed by atoms with E-state index in [9.17, 15) is 8.22 Å². The first-order valence-corrected chi connectivity index (χ1v) is 19.9. The molecule has 0 radical (unpaired) electrons. The molecule has 0 aliphatic heterocycles. The third-order valence-electron chi connectivity index (χ3n) is 4.53. The van der Waals surface area contributed by atoms with Gasteiger partial charge in [-0.3, -0.25) is 0 Å². The molecule has 0 atom stereocenters. The van der Waals surface area contributed by atoms with Crippen LogP contribution in [0.2, 0.25) is 52.4 Å². The van der Waals surface area contributed by atoms with Crippen LogP contribution in [-0.4, -0.2) is 30.1 Å². The molecule has 0 amide bonds. The van der Waals surface area contributed by atoms with E-state index in [1.165, 1.54) is 0 Å². The van der Waals surface area contributed by atoms with Crippen molar-refractivity contribution in [1.82, 2.24) is 0 Å². The van der Waals surface area contributed by atoms with E-state index in [-0.39, 0.29) is 0 Å². The number of hydrogen-bond donors (Lipinski definition) is 0. The third-order valence-corrected chi connectivity index (χ3v) is 65.0.